The summed E-state index contributed by atoms with van der Waals surface area (Å²) in [5.41, 5.74) is 2.22. The van der Waals surface area contributed by atoms with Crippen molar-refractivity contribution in [3.05, 3.63) is 29.3 Å². The smallest absolute Gasteiger partial charge is 0.237 e. The van der Waals surface area contributed by atoms with E-state index in [0.717, 1.165) is 23.4 Å². The van der Waals surface area contributed by atoms with Gasteiger partial charge in [-0.15, -0.1) is 0 Å². The van der Waals surface area contributed by atoms with Crippen molar-refractivity contribution in [2.45, 2.75) is 64.7 Å². The molecule has 0 atom stereocenters. The summed E-state index contributed by atoms with van der Waals surface area (Å²) < 4.78 is 0. The molecule has 2 aliphatic rings. The van der Waals surface area contributed by atoms with Crippen molar-refractivity contribution in [2.75, 3.05) is 11.4 Å². The van der Waals surface area contributed by atoms with Crippen LogP contribution in [0.4, 0.5) is 5.69 Å². The summed E-state index contributed by atoms with van der Waals surface area (Å²) in [6, 6.07) is 5.81. The summed E-state index contributed by atoms with van der Waals surface area (Å²) in [6.45, 7) is 6.67. The van der Waals surface area contributed by atoms with Gasteiger partial charge in [0.25, 0.3) is 0 Å². The van der Waals surface area contributed by atoms with Gasteiger partial charge in [0.2, 0.25) is 5.91 Å². The van der Waals surface area contributed by atoms with Crippen LogP contribution in [-0.4, -0.2) is 18.2 Å². The molecule has 124 valence electrons. The molecule has 1 amide bonds. The van der Waals surface area contributed by atoms with Crippen molar-refractivity contribution in [2.24, 2.45) is 5.92 Å². The molecule has 0 unspecified atom stereocenters. The number of amides is 1. The Bertz CT molecular complexity index is 627. The largest absolute Gasteiger partial charge is 0.311 e. The summed E-state index contributed by atoms with van der Waals surface area (Å²) in [6.07, 6.45) is 6.85. The minimum atomic E-state index is -0.534. The zero-order chi connectivity index (χ0) is 16.6. The Hall–Kier alpha value is -1.64. The van der Waals surface area contributed by atoms with Crippen molar-refractivity contribution in [3.8, 4) is 0 Å². The monoisotopic (exact) mass is 313 g/mol. The van der Waals surface area contributed by atoms with E-state index in [0.29, 0.717) is 12.3 Å². The minimum absolute atomic E-state index is 0.141. The van der Waals surface area contributed by atoms with E-state index >= 15 is 0 Å². The second kappa shape index (κ2) is 6.10. The van der Waals surface area contributed by atoms with Crippen LogP contribution in [0.1, 0.15) is 75.2 Å². The molecule has 1 aromatic carbocycles. The van der Waals surface area contributed by atoms with Crippen molar-refractivity contribution in [1.29, 1.82) is 0 Å². The van der Waals surface area contributed by atoms with Crippen LogP contribution in [0.25, 0.3) is 0 Å². The fourth-order valence-corrected chi connectivity index (χ4v) is 4.02. The van der Waals surface area contributed by atoms with E-state index in [2.05, 4.69) is 0 Å². The standard InChI is InChI=1S/C20H27NO2/c1-4-18(22)15-10-11-17-16(12-15)20(2,3)19(23)21(17)13-14-8-6-5-7-9-14/h10-12,14H,4-9,13H2,1-3H3. The molecule has 1 fully saturated rings. The molecular weight excluding hydrogens is 286 g/mol. The van der Waals surface area contributed by atoms with Crippen LogP contribution in [0.5, 0.6) is 0 Å². The Kier molecular flexibility index (Phi) is 4.31. The summed E-state index contributed by atoms with van der Waals surface area (Å²) in [5.74, 6) is 0.937. The molecule has 1 aromatic rings. The van der Waals surface area contributed by atoms with Crippen LogP contribution in [-0.2, 0) is 10.2 Å². The molecule has 0 aromatic heterocycles. The van der Waals surface area contributed by atoms with Gasteiger partial charge in [0, 0.05) is 24.2 Å². The van der Waals surface area contributed by atoms with Crippen LogP contribution in [0.15, 0.2) is 18.2 Å². The van der Waals surface area contributed by atoms with Crippen LogP contribution in [0.2, 0.25) is 0 Å². The predicted molar refractivity (Wildman–Crippen MR) is 93.0 cm³/mol. The number of nitrogens with zero attached hydrogens (tertiary/aromatic N) is 1. The topological polar surface area (TPSA) is 37.4 Å². The van der Waals surface area contributed by atoms with E-state index < -0.39 is 5.41 Å². The number of carbonyl (C=O) groups excluding carboxylic acids is 2. The van der Waals surface area contributed by atoms with E-state index in [1.54, 1.807) is 0 Å². The van der Waals surface area contributed by atoms with Gasteiger partial charge in [-0.05, 0) is 56.4 Å². The van der Waals surface area contributed by atoms with Crippen molar-refractivity contribution in [3.63, 3.8) is 0 Å². The first-order valence-corrected chi connectivity index (χ1v) is 8.95. The number of carbonyl (C=O) groups is 2. The van der Waals surface area contributed by atoms with Crippen LogP contribution >= 0.6 is 0 Å². The number of hydrogen-bond acceptors (Lipinski definition) is 2. The van der Waals surface area contributed by atoms with E-state index in [9.17, 15) is 9.59 Å². The van der Waals surface area contributed by atoms with Gasteiger partial charge in [-0.25, -0.2) is 0 Å². The molecule has 1 aliphatic carbocycles. The second-order valence-electron chi connectivity index (χ2n) is 7.55. The third kappa shape index (κ3) is 2.82. The van der Waals surface area contributed by atoms with Crippen LogP contribution in [0, 0.1) is 5.92 Å². The zero-order valence-corrected chi connectivity index (χ0v) is 14.5. The third-order valence-electron chi connectivity index (χ3n) is 5.55. The van der Waals surface area contributed by atoms with Gasteiger partial charge in [-0.3, -0.25) is 9.59 Å². The van der Waals surface area contributed by atoms with E-state index in [1.807, 2.05) is 43.9 Å². The molecule has 3 nitrogen and oxygen atoms in total. The van der Waals surface area contributed by atoms with Crippen LogP contribution < -0.4 is 4.90 Å². The Morgan fingerprint density at radius 1 is 1.22 bits per heavy atom. The van der Waals surface area contributed by atoms with Crippen molar-refractivity contribution < 1.29 is 9.59 Å². The summed E-state index contributed by atoms with van der Waals surface area (Å²) in [5, 5.41) is 0. The number of benzene rings is 1. The number of rotatable bonds is 4. The number of anilines is 1. The maximum absolute atomic E-state index is 12.9. The van der Waals surface area contributed by atoms with Gasteiger partial charge in [0.05, 0.1) is 5.41 Å². The highest BCUT2D eigenvalue weighted by molar-refractivity contribution is 6.08. The van der Waals surface area contributed by atoms with Crippen molar-refractivity contribution in [1.82, 2.24) is 0 Å². The number of ketones is 1. The van der Waals surface area contributed by atoms with E-state index in [4.69, 9.17) is 0 Å². The van der Waals surface area contributed by atoms with Crippen molar-refractivity contribution >= 4 is 17.4 Å². The maximum Gasteiger partial charge on any atom is 0.237 e. The molecular formula is C20H27NO2. The van der Waals surface area contributed by atoms with Gasteiger partial charge in [-0.1, -0.05) is 26.2 Å². The lowest BCUT2D eigenvalue weighted by Crippen LogP contribution is -2.39. The average Bonchev–Trinajstić information content (AvgIpc) is 2.76. The van der Waals surface area contributed by atoms with Gasteiger partial charge < -0.3 is 4.90 Å². The second-order valence-corrected chi connectivity index (χ2v) is 7.55. The average molecular weight is 313 g/mol. The van der Waals surface area contributed by atoms with Gasteiger partial charge in [0.1, 0.15) is 0 Å². The Balaban J connectivity index is 1.92. The summed E-state index contributed by atoms with van der Waals surface area (Å²) in [7, 11) is 0. The van der Waals surface area contributed by atoms with Gasteiger partial charge in [0.15, 0.2) is 5.78 Å². The molecule has 3 heteroatoms. The highest BCUT2D eigenvalue weighted by atomic mass is 16.2. The highest BCUT2D eigenvalue weighted by Crippen LogP contribution is 2.43. The Labute approximate surface area is 139 Å². The first kappa shape index (κ1) is 16.2. The normalized spacial score (nSPS) is 20.7. The van der Waals surface area contributed by atoms with E-state index in [-0.39, 0.29) is 11.7 Å². The fraction of sp³-hybridized carbons (Fsp3) is 0.600. The lowest BCUT2D eigenvalue weighted by Gasteiger charge is -2.28. The highest BCUT2D eigenvalue weighted by Gasteiger charge is 2.44. The molecule has 0 N–H and O–H groups in total. The molecule has 1 heterocycles. The van der Waals surface area contributed by atoms with Crippen LogP contribution in [0.3, 0.4) is 0 Å². The quantitative estimate of drug-likeness (QED) is 0.768. The number of hydrogen-bond donors (Lipinski definition) is 0. The minimum Gasteiger partial charge on any atom is -0.311 e. The first-order chi connectivity index (χ1) is 10.9. The molecule has 0 spiro atoms. The first-order valence-electron chi connectivity index (χ1n) is 8.95. The summed E-state index contributed by atoms with van der Waals surface area (Å²) in [4.78, 5) is 26.9. The lowest BCUT2D eigenvalue weighted by molar-refractivity contribution is -0.122. The molecule has 0 radical (unpaired) electrons. The summed E-state index contributed by atoms with van der Waals surface area (Å²) >= 11 is 0. The van der Waals surface area contributed by atoms with E-state index in [1.165, 1.54) is 32.1 Å². The zero-order valence-electron chi connectivity index (χ0n) is 14.5. The predicted octanol–water partition coefficient (Wildman–Crippen LogP) is 4.48. The lowest BCUT2D eigenvalue weighted by atomic mass is 9.85. The molecule has 3 rings (SSSR count). The molecule has 1 saturated carbocycles. The maximum atomic E-state index is 12.9. The molecule has 23 heavy (non-hydrogen) atoms. The Morgan fingerprint density at radius 3 is 2.57 bits per heavy atom. The number of Topliss-reactive ketones (excluding diaryl/α,β-unsaturated/α-hetero) is 1. The molecule has 0 bridgehead atoms. The SMILES string of the molecule is CCC(=O)c1ccc2c(c1)C(C)(C)C(=O)N2CC1CCCCC1. The molecule has 0 saturated heterocycles. The fourth-order valence-electron chi connectivity index (χ4n) is 4.02. The molecule has 1 aliphatic heterocycles. The number of fused-ring (bicyclic) bond motifs is 1. The Morgan fingerprint density at radius 2 is 1.91 bits per heavy atom. The van der Waals surface area contributed by atoms with Gasteiger partial charge in [-0.2, -0.15) is 0 Å². The van der Waals surface area contributed by atoms with Gasteiger partial charge >= 0.3 is 0 Å². The third-order valence-corrected chi connectivity index (χ3v) is 5.55.